The number of benzene rings is 2. The van der Waals surface area contributed by atoms with Crippen LogP contribution in [0.3, 0.4) is 0 Å². The first kappa shape index (κ1) is 21.4. The summed E-state index contributed by atoms with van der Waals surface area (Å²) in [6.07, 6.45) is 0. The summed E-state index contributed by atoms with van der Waals surface area (Å²) in [5.41, 5.74) is 2.17. The molecule has 1 aromatic heterocycles. The van der Waals surface area contributed by atoms with Crippen molar-refractivity contribution < 1.29 is 9.53 Å². The van der Waals surface area contributed by atoms with Crippen LogP contribution < -0.4 is 4.90 Å². The van der Waals surface area contributed by atoms with Crippen molar-refractivity contribution in [2.24, 2.45) is 7.05 Å². The maximum Gasteiger partial charge on any atom is 0.233 e. The Kier molecular flexibility index (Phi) is 6.89. The zero-order chi connectivity index (χ0) is 21.6. The molecule has 2 aromatic carbocycles. The highest BCUT2D eigenvalue weighted by atomic mass is 32.2. The van der Waals surface area contributed by atoms with E-state index in [9.17, 15) is 4.79 Å². The number of rotatable bonds is 7. The number of aromatic nitrogens is 3. The Labute approximate surface area is 187 Å². The summed E-state index contributed by atoms with van der Waals surface area (Å²) in [6.45, 7) is 2.99. The smallest absolute Gasteiger partial charge is 0.233 e. The van der Waals surface area contributed by atoms with Crippen LogP contribution in [0.25, 0.3) is 0 Å². The molecular weight excluding hydrogens is 410 g/mol. The van der Waals surface area contributed by atoms with Crippen molar-refractivity contribution in [3.8, 4) is 0 Å². The molecule has 162 valence electrons. The van der Waals surface area contributed by atoms with Crippen LogP contribution in [0.5, 0.6) is 0 Å². The zero-order valence-corrected chi connectivity index (χ0v) is 18.7. The Morgan fingerprint density at radius 2 is 1.61 bits per heavy atom. The average molecular weight is 438 g/mol. The van der Waals surface area contributed by atoms with Crippen molar-refractivity contribution in [3.05, 3.63) is 71.8 Å². The molecule has 0 saturated carbocycles. The molecule has 0 aliphatic carbocycles. The standard InChI is InChI=1S/C23H27N5O2S/c1-26(21(18-9-5-3-6-10-18)19-11-7-4-8-12-19)20(29)17-31-23-25-24-22(27(23)2)28-13-15-30-16-14-28/h3-12,21H,13-17H2,1-2H3. The Bertz CT molecular complexity index is 950. The third kappa shape index (κ3) is 4.91. The highest BCUT2D eigenvalue weighted by molar-refractivity contribution is 7.99. The highest BCUT2D eigenvalue weighted by Crippen LogP contribution is 2.29. The fourth-order valence-corrected chi connectivity index (χ4v) is 4.58. The summed E-state index contributed by atoms with van der Waals surface area (Å²) in [5.74, 6) is 1.15. The largest absolute Gasteiger partial charge is 0.378 e. The summed E-state index contributed by atoms with van der Waals surface area (Å²) in [6, 6.07) is 20.1. The van der Waals surface area contributed by atoms with E-state index in [1.165, 1.54) is 11.8 Å². The van der Waals surface area contributed by atoms with Gasteiger partial charge >= 0.3 is 0 Å². The van der Waals surface area contributed by atoms with Crippen LogP contribution in [0.4, 0.5) is 5.95 Å². The Morgan fingerprint density at radius 3 is 2.19 bits per heavy atom. The lowest BCUT2D eigenvalue weighted by Gasteiger charge is -2.29. The molecule has 4 rings (SSSR count). The molecular formula is C23H27N5O2S. The molecule has 0 bridgehead atoms. The molecule has 1 amide bonds. The molecule has 3 aromatic rings. The van der Waals surface area contributed by atoms with Gasteiger partial charge in [-0.3, -0.25) is 9.36 Å². The van der Waals surface area contributed by atoms with Crippen LogP contribution >= 0.6 is 11.8 Å². The molecule has 0 atom stereocenters. The number of anilines is 1. The number of hydrogen-bond acceptors (Lipinski definition) is 6. The minimum Gasteiger partial charge on any atom is -0.378 e. The van der Waals surface area contributed by atoms with Crippen molar-refractivity contribution in [3.63, 3.8) is 0 Å². The first-order chi connectivity index (χ1) is 15.1. The Hall–Kier alpha value is -2.84. The summed E-state index contributed by atoms with van der Waals surface area (Å²) in [4.78, 5) is 17.1. The number of carbonyl (C=O) groups is 1. The predicted octanol–water partition coefficient (Wildman–Crippen LogP) is 2.99. The Morgan fingerprint density at radius 1 is 1.03 bits per heavy atom. The maximum absolute atomic E-state index is 13.1. The second-order valence-corrected chi connectivity index (χ2v) is 8.40. The summed E-state index contributed by atoms with van der Waals surface area (Å²) in [7, 11) is 3.81. The number of carbonyl (C=O) groups excluding carboxylic acids is 1. The van der Waals surface area contributed by atoms with Crippen LogP contribution in [0.2, 0.25) is 0 Å². The lowest BCUT2D eigenvalue weighted by Crippen LogP contribution is -2.37. The number of ether oxygens (including phenoxy) is 1. The topological polar surface area (TPSA) is 63.5 Å². The van der Waals surface area contributed by atoms with Gasteiger partial charge < -0.3 is 14.5 Å². The Balaban J connectivity index is 1.47. The second kappa shape index (κ2) is 9.98. The van der Waals surface area contributed by atoms with Gasteiger partial charge in [0, 0.05) is 27.2 Å². The van der Waals surface area contributed by atoms with E-state index in [0.717, 1.165) is 35.3 Å². The van der Waals surface area contributed by atoms with Gasteiger partial charge in [-0.25, -0.2) is 0 Å². The van der Waals surface area contributed by atoms with Gasteiger partial charge in [-0.1, -0.05) is 72.4 Å². The summed E-state index contributed by atoms with van der Waals surface area (Å²) >= 11 is 1.42. The van der Waals surface area contributed by atoms with Crippen LogP contribution in [0, 0.1) is 0 Å². The van der Waals surface area contributed by atoms with E-state index < -0.39 is 0 Å². The molecule has 1 aliphatic heterocycles. The number of nitrogens with zero attached hydrogens (tertiary/aromatic N) is 5. The monoisotopic (exact) mass is 437 g/mol. The van der Waals surface area contributed by atoms with E-state index in [-0.39, 0.29) is 11.9 Å². The van der Waals surface area contributed by atoms with Crippen LogP contribution in [0.1, 0.15) is 17.2 Å². The lowest BCUT2D eigenvalue weighted by atomic mass is 9.97. The van der Waals surface area contributed by atoms with Gasteiger partial charge in [0.1, 0.15) is 0 Å². The first-order valence-corrected chi connectivity index (χ1v) is 11.3. The molecule has 1 aliphatic rings. The molecule has 7 nitrogen and oxygen atoms in total. The average Bonchev–Trinajstić information content (AvgIpc) is 3.19. The van der Waals surface area contributed by atoms with E-state index >= 15 is 0 Å². The van der Waals surface area contributed by atoms with Crippen LogP contribution in [-0.4, -0.2) is 64.7 Å². The number of thioether (sulfide) groups is 1. The van der Waals surface area contributed by atoms with E-state index in [4.69, 9.17) is 4.74 Å². The molecule has 0 spiro atoms. The number of amides is 1. The molecule has 2 heterocycles. The van der Waals surface area contributed by atoms with Gasteiger partial charge in [0.25, 0.3) is 0 Å². The van der Waals surface area contributed by atoms with E-state index in [2.05, 4.69) is 39.4 Å². The lowest BCUT2D eigenvalue weighted by molar-refractivity contribution is -0.128. The normalized spacial score (nSPS) is 14.1. The van der Waals surface area contributed by atoms with E-state index in [1.54, 1.807) is 0 Å². The van der Waals surface area contributed by atoms with Crippen molar-refractivity contribution >= 4 is 23.6 Å². The predicted molar refractivity (Wildman–Crippen MR) is 122 cm³/mol. The SMILES string of the molecule is CN(C(=O)CSc1nnc(N2CCOCC2)n1C)C(c1ccccc1)c1ccccc1. The van der Waals surface area contributed by atoms with E-state index in [1.807, 2.05) is 60.0 Å². The molecule has 0 unspecified atom stereocenters. The minimum absolute atomic E-state index is 0.0404. The molecule has 1 fully saturated rings. The third-order valence-electron chi connectivity index (χ3n) is 5.44. The van der Waals surface area contributed by atoms with Crippen molar-refractivity contribution in [2.75, 3.05) is 44.0 Å². The minimum atomic E-state index is -0.140. The van der Waals surface area contributed by atoms with Crippen molar-refractivity contribution in [2.45, 2.75) is 11.2 Å². The molecule has 31 heavy (non-hydrogen) atoms. The number of hydrogen-bond donors (Lipinski definition) is 0. The van der Waals surface area contributed by atoms with Gasteiger partial charge in [0.15, 0.2) is 5.16 Å². The van der Waals surface area contributed by atoms with Crippen LogP contribution in [0.15, 0.2) is 65.8 Å². The van der Waals surface area contributed by atoms with Gasteiger partial charge in [0.05, 0.1) is 25.0 Å². The summed E-state index contributed by atoms with van der Waals surface area (Å²) in [5, 5.41) is 9.37. The van der Waals surface area contributed by atoms with E-state index in [0.29, 0.717) is 19.0 Å². The fraction of sp³-hybridized carbons (Fsp3) is 0.348. The highest BCUT2D eigenvalue weighted by Gasteiger charge is 2.24. The zero-order valence-electron chi connectivity index (χ0n) is 17.8. The van der Waals surface area contributed by atoms with Gasteiger partial charge in [-0.2, -0.15) is 0 Å². The van der Waals surface area contributed by atoms with Crippen molar-refractivity contribution in [1.29, 1.82) is 0 Å². The fourth-order valence-electron chi connectivity index (χ4n) is 3.75. The van der Waals surface area contributed by atoms with Gasteiger partial charge in [-0.05, 0) is 11.1 Å². The van der Waals surface area contributed by atoms with Crippen LogP contribution in [-0.2, 0) is 16.6 Å². The molecule has 0 radical (unpaired) electrons. The maximum atomic E-state index is 13.1. The summed E-state index contributed by atoms with van der Waals surface area (Å²) < 4.78 is 7.37. The molecule has 8 heteroatoms. The molecule has 1 saturated heterocycles. The second-order valence-electron chi connectivity index (χ2n) is 7.46. The van der Waals surface area contributed by atoms with Gasteiger partial charge in [-0.15, -0.1) is 10.2 Å². The quantitative estimate of drug-likeness (QED) is 0.530. The first-order valence-electron chi connectivity index (χ1n) is 10.4. The number of morpholine rings is 1. The molecule has 0 N–H and O–H groups in total. The third-order valence-corrected chi connectivity index (χ3v) is 6.45. The van der Waals surface area contributed by atoms with Crippen molar-refractivity contribution in [1.82, 2.24) is 19.7 Å². The van der Waals surface area contributed by atoms with Gasteiger partial charge in [0.2, 0.25) is 11.9 Å².